The molecule has 1 aliphatic rings. The predicted molar refractivity (Wildman–Crippen MR) is 101 cm³/mol. The second-order valence-corrected chi connectivity index (χ2v) is 8.18. The molecule has 1 heterocycles. The van der Waals surface area contributed by atoms with E-state index in [1.807, 2.05) is 12.1 Å². The molecule has 0 unspecified atom stereocenters. The molecule has 0 saturated carbocycles. The van der Waals surface area contributed by atoms with E-state index in [9.17, 15) is 13.2 Å². The zero-order chi connectivity index (χ0) is 19.4. The second kappa shape index (κ2) is 7.98. The lowest BCUT2D eigenvalue weighted by Crippen LogP contribution is -2.30. The van der Waals surface area contributed by atoms with E-state index < -0.39 is 10.0 Å². The average Bonchev–Trinajstić information content (AvgIpc) is 2.65. The lowest BCUT2D eigenvalue weighted by molar-refractivity contribution is 0.0950. The van der Waals surface area contributed by atoms with Crippen molar-refractivity contribution in [2.24, 2.45) is 0 Å². The minimum absolute atomic E-state index is 0.0585. The van der Waals surface area contributed by atoms with Crippen molar-refractivity contribution in [3.8, 4) is 11.5 Å². The van der Waals surface area contributed by atoms with Gasteiger partial charge in [-0.25, -0.2) is 13.1 Å². The Labute approximate surface area is 158 Å². The van der Waals surface area contributed by atoms with Crippen LogP contribution in [0.3, 0.4) is 0 Å². The first-order chi connectivity index (χ1) is 12.8. The molecule has 0 aromatic heterocycles. The van der Waals surface area contributed by atoms with Crippen LogP contribution in [0.4, 0.5) is 0 Å². The zero-order valence-electron chi connectivity index (χ0n) is 15.2. The Kier molecular flexibility index (Phi) is 5.67. The van der Waals surface area contributed by atoms with Gasteiger partial charge in [0.05, 0.1) is 4.90 Å². The van der Waals surface area contributed by atoms with Crippen LogP contribution in [0.5, 0.6) is 11.5 Å². The lowest BCUT2D eigenvalue weighted by atomic mass is 10.1. The Morgan fingerprint density at radius 3 is 2.56 bits per heavy atom. The van der Waals surface area contributed by atoms with Gasteiger partial charge in [-0.05, 0) is 49.7 Å². The molecule has 1 aliphatic heterocycles. The molecule has 0 bridgehead atoms. The Hall–Kier alpha value is -2.58. The van der Waals surface area contributed by atoms with Crippen LogP contribution in [0.1, 0.15) is 29.8 Å². The van der Waals surface area contributed by atoms with E-state index in [2.05, 4.69) is 10.0 Å². The third kappa shape index (κ3) is 4.78. The summed E-state index contributed by atoms with van der Waals surface area (Å²) in [4.78, 5) is 12.5. The summed E-state index contributed by atoms with van der Waals surface area (Å²) in [5.74, 6) is 0.985. The maximum Gasteiger partial charge on any atom is 0.251 e. The van der Waals surface area contributed by atoms with Crippen LogP contribution in [0.2, 0.25) is 0 Å². The molecule has 0 saturated heterocycles. The van der Waals surface area contributed by atoms with Gasteiger partial charge in [0.25, 0.3) is 5.91 Å². The standard InChI is InChI=1S/C19H22N2O5S/c1-13(2)21-27(23,24)16-5-3-4-15(11-16)19(22)20-12-14-6-7-17-18(10-14)26-9-8-25-17/h3-7,10-11,13,21H,8-9,12H2,1-2H3,(H,20,22). The van der Waals surface area contributed by atoms with Crippen molar-refractivity contribution in [2.45, 2.75) is 31.3 Å². The number of hydrogen-bond donors (Lipinski definition) is 2. The molecule has 0 fully saturated rings. The van der Waals surface area contributed by atoms with E-state index in [1.165, 1.54) is 12.1 Å². The zero-order valence-corrected chi connectivity index (χ0v) is 16.0. The van der Waals surface area contributed by atoms with Crippen LogP contribution < -0.4 is 19.5 Å². The highest BCUT2D eigenvalue weighted by Gasteiger charge is 2.17. The van der Waals surface area contributed by atoms with Gasteiger partial charge in [-0.3, -0.25) is 4.79 Å². The van der Waals surface area contributed by atoms with Gasteiger partial charge in [-0.15, -0.1) is 0 Å². The summed E-state index contributed by atoms with van der Waals surface area (Å²) < 4.78 is 38.0. The Morgan fingerprint density at radius 2 is 1.81 bits per heavy atom. The first kappa shape index (κ1) is 19.2. The first-order valence-corrected chi connectivity index (χ1v) is 10.1. The molecular formula is C19H22N2O5S. The van der Waals surface area contributed by atoms with Gasteiger partial charge in [0, 0.05) is 18.2 Å². The molecule has 0 radical (unpaired) electrons. The van der Waals surface area contributed by atoms with E-state index in [0.717, 1.165) is 5.56 Å². The minimum atomic E-state index is -3.65. The summed E-state index contributed by atoms with van der Waals surface area (Å²) in [7, 11) is -3.65. The fourth-order valence-corrected chi connectivity index (χ4v) is 3.96. The Balaban J connectivity index is 1.69. The molecule has 1 amide bonds. The van der Waals surface area contributed by atoms with E-state index >= 15 is 0 Å². The predicted octanol–water partition coefficient (Wildman–Crippen LogP) is 2.07. The maximum atomic E-state index is 12.4. The van der Waals surface area contributed by atoms with Gasteiger partial charge in [0.15, 0.2) is 11.5 Å². The summed E-state index contributed by atoms with van der Waals surface area (Å²) in [5, 5.41) is 2.79. The molecular weight excluding hydrogens is 368 g/mol. The molecule has 27 heavy (non-hydrogen) atoms. The highest BCUT2D eigenvalue weighted by Crippen LogP contribution is 2.30. The third-order valence-electron chi connectivity index (χ3n) is 3.86. The fourth-order valence-electron chi connectivity index (χ4n) is 2.66. The van der Waals surface area contributed by atoms with Gasteiger partial charge < -0.3 is 14.8 Å². The molecule has 3 rings (SSSR count). The number of rotatable bonds is 6. The van der Waals surface area contributed by atoms with Crippen molar-refractivity contribution in [1.82, 2.24) is 10.0 Å². The van der Waals surface area contributed by atoms with Crippen molar-refractivity contribution in [2.75, 3.05) is 13.2 Å². The quantitative estimate of drug-likeness (QED) is 0.788. The van der Waals surface area contributed by atoms with Crippen LogP contribution in [0.25, 0.3) is 0 Å². The molecule has 0 atom stereocenters. The number of fused-ring (bicyclic) bond motifs is 1. The van der Waals surface area contributed by atoms with Gasteiger partial charge in [-0.2, -0.15) is 0 Å². The van der Waals surface area contributed by atoms with E-state index in [4.69, 9.17) is 9.47 Å². The first-order valence-electron chi connectivity index (χ1n) is 8.64. The van der Waals surface area contributed by atoms with Crippen molar-refractivity contribution in [3.05, 3.63) is 53.6 Å². The van der Waals surface area contributed by atoms with Gasteiger partial charge in [0.1, 0.15) is 13.2 Å². The molecule has 144 valence electrons. The second-order valence-electron chi connectivity index (χ2n) is 6.46. The summed E-state index contributed by atoms with van der Waals surface area (Å²) in [6.07, 6.45) is 0. The monoisotopic (exact) mass is 390 g/mol. The summed E-state index contributed by atoms with van der Waals surface area (Å²) in [5.41, 5.74) is 1.14. The van der Waals surface area contributed by atoms with Gasteiger partial charge >= 0.3 is 0 Å². The van der Waals surface area contributed by atoms with Crippen molar-refractivity contribution < 1.29 is 22.7 Å². The summed E-state index contributed by atoms with van der Waals surface area (Å²) in [6.45, 7) is 4.78. The molecule has 0 aliphatic carbocycles. The molecule has 2 aromatic carbocycles. The topological polar surface area (TPSA) is 93.7 Å². The average molecular weight is 390 g/mol. The van der Waals surface area contributed by atoms with Gasteiger partial charge in [0.2, 0.25) is 10.0 Å². The van der Waals surface area contributed by atoms with Crippen molar-refractivity contribution in [3.63, 3.8) is 0 Å². The Morgan fingerprint density at radius 1 is 1.07 bits per heavy atom. The number of sulfonamides is 1. The lowest BCUT2D eigenvalue weighted by Gasteiger charge is -2.19. The molecule has 2 aromatic rings. The van der Waals surface area contributed by atoms with Crippen molar-refractivity contribution in [1.29, 1.82) is 0 Å². The maximum absolute atomic E-state index is 12.4. The van der Waals surface area contributed by atoms with Crippen LogP contribution in [-0.2, 0) is 16.6 Å². The van der Waals surface area contributed by atoms with E-state index in [-0.39, 0.29) is 29.0 Å². The van der Waals surface area contributed by atoms with Crippen LogP contribution in [0, 0.1) is 0 Å². The van der Waals surface area contributed by atoms with Crippen LogP contribution in [-0.4, -0.2) is 33.6 Å². The minimum Gasteiger partial charge on any atom is -0.486 e. The van der Waals surface area contributed by atoms with E-state index in [1.54, 1.807) is 32.0 Å². The number of amides is 1. The highest BCUT2D eigenvalue weighted by atomic mass is 32.2. The molecule has 8 heteroatoms. The van der Waals surface area contributed by atoms with Crippen molar-refractivity contribution >= 4 is 15.9 Å². The number of nitrogens with one attached hydrogen (secondary N) is 2. The SMILES string of the molecule is CC(C)NS(=O)(=O)c1cccc(C(=O)NCc2ccc3c(c2)OCCO3)c1. The van der Waals surface area contributed by atoms with Gasteiger partial charge in [-0.1, -0.05) is 12.1 Å². The third-order valence-corrected chi connectivity index (χ3v) is 5.51. The summed E-state index contributed by atoms with van der Waals surface area (Å²) in [6, 6.07) is 11.2. The van der Waals surface area contributed by atoms with Crippen LogP contribution >= 0.6 is 0 Å². The number of ether oxygens (including phenoxy) is 2. The number of benzene rings is 2. The number of hydrogen-bond acceptors (Lipinski definition) is 5. The molecule has 2 N–H and O–H groups in total. The normalized spacial score (nSPS) is 13.4. The molecule has 0 spiro atoms. The van der Waals surface area contributed by atoms with Crippen LogP contribution in [0.15, 0.2) is 47.4 Å². The summed E-state index contributed by atoms with van der Waals surface area (Å²) >= 11 is 0. The van der Waals surface area contributed by atoms with E-state index in [0.29, 0.717) is 24.7 Å². The largest absolute Gasteiger partial charge is 0.486 e. The molecule has 7 nitrogen and oxygen atoms in total. The number of carbonyl (C=O) groups is 1. The highest BCUT2D eigenvalue weighted by molar-refractivity contribution is 7.89. The smallest absolute Gasteiger partial charge is 0.251 e. The Bertz CT molecular complexity index is 941. The fraction of sp³-hybridized carbons (Fsp3) is 0.316. The number of carbonyl (C=O) groups excluding carboxylic acids is 1.